The predicted molar refractivity (Wildman–Crippen MR) is 55.1 cm³/mol. The van der Waals surface area contributed by atoms with Crippen LogP contribution in [0.2, 0.25) is 0 Å². The summed E-state index contributed by atoms with van der Waals surface area (Å²) < 4.78 is 10.6. The summed E-state index contributed by atoms with van der Waals surface area (Å²) in [6, 6.07) is 0. The van der Waals surface area contributed by atoms with E-state index in [0.29, 0.717) is 6.10 Å². The Hall–Kier alpha value is -0.120. The number of nitrogens with one attached hydrogen (secondary N) is 1. The first kappa shape index (κ1) is 12.9. The normalized spacial score (nSPS) is 11.1. The van der Waals surface area contributed by atoms with Gasteiger partial charge in [0.1, 0.15) is 0 Å². The average Bonchev–Trinajstić information content (AvgIpc) is 2.09. The molecule has 0 bridgehead atoms. The molecule has 0 aromatic carbocycles. The first-order chi connectivity index (χ1) is 6.27. The van der Waals surface area contributed by atoms with Gasteiger partial charge in [-0.05, 0) is 33.7 Å². The van der Waals surface area contributed by atoms with Crippen molar-refractivity contribution in [3.8, 4) is 0 Å². The third-order valence-electron chi connectivity index (χ3n) is 1.58. The molecule has 13 heavy (non-hydrogen) atoms. The minimum Gasteiger partial charge on any atom is -0.380 e. The molecular formula is C10H23NO2. The van der Waals surface area contributed by atoms with E-state index in [1.165, 1.54) is 0 Å². The fourth-order valence-electron chi connectivity index (χ4n) is 0.930. The van der Waals surface area contributed by atoms with Crippen LogP contribution in [0.5, 0.6) is 0 Å². The molecule has 80 valence electrons. The highest BCUT2D eigenvalue weighted by atomic mass is 16.5. The summed E-state index contributed by atoms with van der Waals surface area (Å²) >= 11 is 0. The third-order valence-corrected chi connectivity index (χ3v) is 1.58. The van der Waals surface area contributed by atoms with Crippen LogP contribution >= 0.6 is 0 Å². The van der Waals surface area contributed by atoms with Crippen LogP contribution < -0.4 is 5.32 Å². The first-order valence-electron chi connectivity index (χ1n) is 5.17. The van der Waals surface area contributed by atoms with Gasteiger partial charge < -0.3 is 14.8 Å². The summed E-state index contributed by atoms with van der Waals surface area (Å²) in [5.41, 5.74) is 0. The van der Waals surface area contributed by atoms with Crippen LogP contribution in [0.4, 0.5) is 0 Å². The lowest BCUT2D eigenvalue weighted by Crippen LogP contribution is -2.22. The highest BCUT2D eigenvalue weighted by Gasteiger charge is 1.92. The van der Waals surface area contributed by atoms with Crippen molar-refractivity contribution in [1.29, 1.82) is 0 Å². The lowest BCUT2D eigenvalue weighted by Gasteiger charge is -2.07. The van der Waals surface area contributed by atoms with Crippen molar-refractivity contribution in [3.63, 3.8) is 0 Å². The van der Waals surface area contributed by atoms with Crippen molar-refractivity contribution in [3.05, 3.63) is 0 Å². The molecule has 0 heterocycles. The second-order valence-corrected chi connectivity index (χ2v) is 3.22. The fourth-order valence-corrected chi connectivity index (χ4v) is 0.930. The predicted octanol–water partition coefficient (Wildman–Crippen LogP) is 1.43. The van der Waals surface area contributed by atoms with Gasteiger partial charge in [0.2, 0.25) is 0 Å². The number of ether oxygens (including phenoxy) is 2. The molecule has 0 atom stereocenters. The molecule has 0 radical (unpaired) electrons. The molecule has 0 aliphatic heterocycles. The minimum absolute atomic E-state index is 0.350. The van der Waals surface area contributed by atoms with E-state index in [1.54, 1.807) is 0 Å². The molecule has 0 aromatic rings. The van der Waals surface area contributed by atoms with Crippen LogP contribution in [0.3, 0.4) is 0 Å². The zero-order valence-corrected chi connectivity index (χ0v) is 9.14. The van der Waals surface area contributed by atoms with Crippen LogP contribution in [-0.4, -0.2) is 39.0 Å². The molecule has 0 spiro atoms. The molecule has 0 unspecified atom stereocenters. The third kappa shape index (κ3) is 11.9. The van der Waals surface area contributed by atoms with Gasteiger partial charge in [-0.1, -0.05) is 0 Å². The molecule has 1 N–H and O–H groups in total. The molecule has 0 rings (SSSR count). The Morgan fingerprint density at radius 1 is 1.15 bits per heavy atom. The lowest BCUT2D eigenvalue weighted by molar-refractivity contribution is 0.0765. The van der Waals surface area contributed by atoms with Crippen molar-refractivity contribution in [2.75, 3.05) is 32.9 Å². The van der Waals surface area contributed by atoms with E-state index in [1.807, 2.05) is 6.92 Å². The first-order valence-corrected chi connectivity index (χ1v) is 5.17. The summed E-state index contributed by atoms with van der Waals surface area (Å²) in [4.78, 5) is 0. The molecular weight excluding hydrogens is 166 g/mol. The van der Waals surface area contributed by atoms with Crippen LogP contribution in [0, 0.1) is 0 Å². The fraction of sp³-hybridized carbons (Fsp3) is 1.00. The van der Waals surface area contributed by atoms with Gasteiger partial charge >= 0.3 is 0 Å². The molecule has 0 saturated carbocycles. The van der Waals surface area contributed by atoms with Gasteiger partial charge in [0.15, 0.2) is 0 Å². The molecule has 0 aromatic heterocycles. The smallest absolute Gasteiger partial charge is 0.0590 e. The van der Waals surface area contributed by atoms with Gasteiger partial charge in [-0.2, -0.15) is 0 Å². The molecule has 3 nitrogen and oxygen atoms in total. The summed E-state index contributed by atoms with van der Waals surface area (Å²) in [6.07, 6.45) is 1.42. The molecule has 0 amide bonds. The number of hydrogen-bond acceptors (Lipinski definition) is 3. The Labute approximate surface area is 81.8 Å². The summed E-state index contributed by atoms with van der Waals surface area (Å²) in [6.45, 7) is 10.5. The van der Waals surface area contributed by atoms with E-state index in [4.69, 9.17) is 9.47 Å². The van der Waals surface area contributed by atoms with Gasteiger partial charge in [-0.15, -0.1) is 0 Å². The molecule has 0 aliphatic carbocycles. The van der Waals surface area contributed by atoms with E-state index in [-0.39, 0.29) is 0 Å². The maximum Gasteiger partial charge on any atom is 0.0590 e. The van der Waals surface area contributed by atoms with Crippen LogP contribution in [0.1, 0.15) is 27.2 Å². The number of rotatable bonds is 9. The molecule has 3 heteroatoms. The van der Waals surface area contributed by atoms with Crippen LogP contribution in [0.15, 0.2) is 0 Å². The quantitative estimate of drug-likeness (QED) is 0.557. The average molecular weight is 189 g/mol. The second kappa shape index (κ2) is 9.96. The van der Waals surface area contributed by atoms with Crippen molar-refractivity contribution >= 4 is 0 Å². The van der Waals surface area contributed by atoms with Gasteiger partial charge in [0, 0.05) is 19.8 Å². The molecule has 0 saturated heterocycles. The Morgan fingerprint density at radius 3 is 2.54 bits per heavy atom. The van der Waals surface area contributed by atoms with Crippen LogP contribution in [-0.2, 0) is 9.47 Å². The van der Waals surface area contributed by atoms with E-state index in [9.17, 15) is 0 Å². The summed E-state index contributed by atoms with van der Waals surface area (Å²) in [5.74, 6) is 0. The maximum atomic E-state index is 5.40. The lowest BCUT2D eigenvalue weighted by atomic mass is 10.4. The topological polar surface area (TPSA) is 30.5 Å². The summed E-state index contributed by atoms with van der Waals surface area (Å²) in [7, 11) is 0. The maximum absolute atomic E-state index is 5.40. The monoisotopic (exact) mass is 189 g/mol. The number of hydrogen-bond donors (Lipinski definition) is 1. The molecule has 0 aliphatic rings. The highest BCUT2D eigenvalue weighted by molar-refractivity contribution is 4.47. The van der Waals surface area contributed by atoms with Gasteiger partial charge in [-0.3, -0.25) is 0 Å². The van der Waals surface area contributed by atoms with Crippen molar-refractivity contribution in [2.24, 2.45) is 0 Å². The van der Waals surface area contributed by atoms with Crippen molar-refractivity contribution < 1.29 is 9.47 Å². The second-order valence-electron chi connectivity index (χ2n) is 3.22. The zero-order chi connectivity index (χ0) is 9.94. The Kier molecular flexibility index (Phi) is 9.87. The molecule has 0 fully saturated rings. The largest absolute Gasteiger partial charge is 0.380 e. The van der Waals surface area contributed by atoms with E-state index in [0.717, 1.165) is 39.3 Å². The standard InChI is InChI=1S/C10H23NO2/c1-4-12-9-7-11-6-5-8-13-10(2)3/h10-11H,4-9H2,1-3H3. The van der Waals surface area contributed by atoms with Gasteiger partial charge in [-0.25, -0.2) is 0 Å². The van der Waals surface area contributed by atoms with Gasteiger partial charge in [0.05, 0.1) is 12.7 Å². The minimum atomic E-state index is 0.350. The Balaban J connectivity index is 2.84. The Morgan fingerprint density at radius 2 is 1.92 bits per heavy atom. The summed E-state index contributed by atoms with van der Waals surface area (Å²) in [5, 5.41) is 3.29. The van der Waals surface area contributed by atoms with E-state index >= 15 is 0 Å². The van der Waals surface area contributed by atoms with E-state index in [2.05, 4.69) is 19.2 Å². The SMILES string of the molecule is CCOCCNCCCOC(C)C. The van der Waals surface area contributed by atoms with E-state index < -0.39 is 0 Å². The van der Waals surface area contributed by atoms with Gasteiger partial charge in [0.25, 0.3) is 0 Å². The zero-order valence-electron chi connectivity index (χ0n) is 9.14. The Bertz CT molecular complexity index is 96.9. The van der Waals surface area contributed by atoms with Crippen LogP contribution in [0.25, 0.3) is 0 Å². The highest BCUT2D eigenvalue weighted by Crippen LogP contribution is 1.88. The van der Waals surface area contributed by atoms with Crippen molar-refractivity contribution in [1.82, 2.24) is 5.32 Å². The van der Waals surface area contributed by atoms with Crippen molar-refractivity contribution in [2.45, 2.75) is 33.3 Å².